The number of nitrogens with zero attached hydrogens (tertiary/aromatic N) is 1. The van der Waals surface area contributed by atoms with Crippen molar-refractivity contribution < 1.29 is 13.9 Å². The highest BCUT2D eigenvalue weighted by Gasteiger charge is 2.36. The summed E-state index contributed by atoms with van der Waals surface area (Å²) in [5.74, 6) is -1.53. The minimum atomic E-state index is -1.29. The van der Waals surface area contributed by atoms with Gasteiger partial charge in [0.2, 0.25) is 0 Å². The molecule has 1 aromatic rings. The van der Waals surface area contributed by atoms with E-state index in [1.165, 1.54) is 0 Å². The molecule has 3 nitrogen and oxygen atoms in total. The van der Waals surface area contributed by atoms with E-state index in [9.17, 15) is 13.9 Å². The van der Waals surface area contributed by atoms with Crippen LogP contribution >= 0.6 is 0 Å². The maximum atomic E-state index is 13.3. The van der Waals surface area contributed by atoms with Crippen LogP contribution in [0.3, 0.4) is 0 Å². The number of nitrogens with one attached hydrogen (secondary N) is 1. The SMILES string of the molecule is OC1(c2ncc(F)cc2F)CCNC1. The standard InChI is InChI=1S/C9H10F2N2O/c10-6-3-7(11)8(13-4-6)9(14)1-2-12-5-9/h3-4,12,14H,1-2,5H2. The average molecular weight is 200 g/mol. The van der Waals surface area contributed by atoms with Crippen molar-refractivity contribution in [2.75, 3.05) is 13.1 Å². The molecule has 1 unspecified atom stereocenters. The normalized spacial score (nSPS) is 26.8. The highest BCUT2D eigenvalue weighted by atomic mass is 19.1. The third-order valence-corrected chi connectivity index (χ3v) is 2.38. The van der Waals surface area contributed by atoms with Crippen molar-refractivity contribution in [1.29, 1.82) is 0 Å². The van der Waals surface area contributed by atoms with Gasteiger partial charge in [-0.3, -0.25) is 4.98 Å². The second-order valence-corrected chi connectivity index (χ2v) is 3.44. The molecule has 1 fully saturated rings. The molecule has 1 aliphatic rings. The van der Waals surface area contributed by atoms with E-state index >= 15 is 0 Å². The number of hydrogen-bond acceptors (Lipinski definition) is 3. The fourth-order valence-corrected chi connectivity index (χ4v) is 1.64. The van der Waals surface area contributed by atoms with E-state index in [1.807, 2.05) is 0 Å². The average Bonchev–Trinajstić information content (AvgIpc) is 2.52. The van der Waals surface area contributed by atoms with E-state index in [1.54, 1.807) is 0 Å². The summed E-state index contributed by atoms with van der Waals surface area (Å²) in [6.07, 6.45) is 1.30. The molecule has 0 amide bonds. The van der Waals surface area contributed by atoms with Crippen LogP contribution in [-0.4, -0.2) is 23.2 Å². The van der Waals surface area contributed by atoms with Crippen molar-refractivity contribution in [2.24, 2.45) is 0 Å². The molecule has 0 aliphatic carbocycles. The molecule has 1 aliphatic heterocycles. The van der Waals surface area contributed by atoms with Gasteiger partial charge in [0.1, 0.15) is 17.1 Å². The van der Waals surface area contributed by atoms with E-state index in [0.717, 1.165) is 12.3 Å². The van der Waals surface area contributed by atoms with Gasteiger partial charge in [-0.15, -0.1) is 0 Å². The highest BCUT2D eigenvalue weighted by molar-refractivity contribution is 5.18. The Hall–Kier alpha value is -1.07. The van der Waals surface area contributed by atoms with Gasteiger partial charge in [0.05, 0.1) is 6.20 Å². The second kappa shape index (κ2) is 3.25. The van der Waals surface area contributed by atoms with E-state index in [0.29, 0.717) is 13.0 Å². The first-order valence-electron chi connectivity index (χ1n) is 4.36. The Morgan fingerprint density at radius 1 is 1.50 bits per heavy atom. The molecule has 1 saturated heterocycles. The smallest absolute Gasteiger partial charge is 0.150 e. The number of aromatic nitrogens is 1. The zero-order chi connectivity index (χ0) is 10.2. The van der Waals surface area contributed by atoms with Crippen LogP contribution in [0.1, 0.15) is 12.1 Å². The van der Waals surface area contributed by atoms with Crippen molar-refractivity contribution in [3.05, 3.63) is 29.6 Å². The summed E-state index contributed by atoms with van der Waals surface area (Å²) in [6.45, 7) is 0.859. The lowest BCUT2D eigenvalue weighted by molar-refractivity contribution is 0.0498. The van der Waals surface area contributed by atoms with E-state index < -0.39 is 17.2 Å². The van der Waals surface area contributed by atoms with Gasteiger partial charge in [0, 0.05) is 12.6 Å². The van der Waals surface area contributed by atoms with Crippen LogP contribution in [0, 0.1) is 11.6 Å². The molecule has 14 heavy (non-hydrogen) atoms. The van der Waals surface area contributed by atoms with Crippen LogP contribution in [0.5, 0.6) is 0 Å². The highest BCUT2D eigenvalue weighted by Crippen LogP contribution is 2.27. The summed E-state index contributed by atoms with van der Waals surface area (Å²) < 4.78 is 25.8. The Morgan fingerprint density at radius 3 is 2.86 bits per heavy atom. The van der Waals surface area contributed by atoms with Gasteiger partial charge in [0.15, 0.2) is 5.82 Å². The van der Waals surface area contributed by atoms with Crippen molar-refractivity contribution in [3.63, 3.8) is 0 Å². The lowest BCUT2D eigenvalue weighted by Gasteiger charge is -2.20. The maximum Gasteiger partial charge on any atom is 0.150 e. The van der Waals surface area contributed by atoms with Crippen LogP contribution < -0.4 is 5.32 Å². The molecule has 0 saturated carbocycles. The van der Waals surface area contributed by atoms with Crippen molar-refractivity contribution in [2.45, 2.75) is 12.0 Å². The predicted octanol–water partition coefficient (Wildman–Crippen LogP) is 0.541. The summed E-state index contributed by atoms with van der Waals surface area (Å²) in [7, 11) is 0. The van der Waals surface area contributed by atoms with Crippen LogP contribution in [-0.2, 0) is 5.60 Å². The van der Waals surface area contributed by atoms with Gasteiger partial charge in [-0.25, -0.2) is 8.78 Å². The summed E-state index contributed by atoms with van der Waals surface area (Å²) in [5.41, 5.74) is -1.37. The molecule has 1 aromatic heterocycles. The van der Waals surface area contributed by atoms with Crippen molar-refractivity contribution >= 4 is 0 Å². The number of pyridine rings is 1. The number of hydrogen-bond donors (Lipinski definition) is 2. The minimum absolute atomic E-state index is 0.0797. The predicted molar refractivity (Wildman–Crippen MR) is 45.5 cm³/mol. The fourth-order valence-electron chi connectivity index (χ4n) is 1.64. The van der Waals surface area contributed by atoms with Gasteiger partial charge in [-0.1, -0.05) is 0 Å². The van der Waals surface area contributed by atoms with E-state index in [4.69, 9.17) is 0 Å². The lowest BCUT2D eigenvalue weighted by atomic mass is 9.98. The molecule has 2 rings (SSSR count). The third-order valence-electron chi connectivity index (χ3n) is 2.38. The molecular formula is C9H10F2N2O. The molecule has 0 aromatic carbocycles. The lowest BCUT2D eigenvalue weighted by Crippen LogP contribution is -2.30. The van der Waals surface area contributed by atoms with Gasteiger partial charge in [-0.2, -0.15) is 0 Å². The van der Waals surface area contributed by atoms with Crippen molar-refractivity contribution in [1.82, 2.24) is 10.3 Å². The Balaban J connectivity index is 2.40. The van der Waals surface area contributed by atoms with Gasteiger partial charge < -0.3 is 10.4 Å². The maximum absolute atomic E-state index is 13.3. The van der Waals surface area contributed by atoms with Gasteiger partial charge in [0.25, 0.3) is 0 Å². The molecule has 2 heterocycles. The summed E-state index contributed by atoms with van der Waals surface area (Å²) in [5, 5.41) is 12.8. The van der Waals surface area contributed by atoms with Crippen LogP contribution in [0.25, 0.3) is 0 Å². The van der Waals surface area contributed by atoms with Crippen LogP contribution in [0.4, 0.5) is 8.78 Å². The van der Waals surface area contributed by atoms with Crippen molar-refractivity contribution in [3.8, 4) is 0 Å². The first kappa shape index (κ1) is 9.48. The van der Waals surface area contributed by atoms with Crippen LogP contribution in [0.2, 0.25) is 0 Å². The zero-order valence-electron chi connectivity index (χ0n) is 7.43. The Labute approximate surface area is 79.8 Å². The molecule has 0 bridgehead atoms. The molecule has 5 heteroatoms. The fraction of sp³-hybridized carbons (Fsp3) is 0.444. The summed E-state index contributed by atoms with van der Waals surface area (Å²) in [6, 6.07) is 0.735. The molecule has 76 valence electrons. The third kappa shape index (κ3) is 1.49. The monoisotopic (exact) mass is 200 g/mol. The zero-order valence-corrected chi connectivity index (χ0v) is 7.43. The second-order valence-electron chi connectivity index (χ2n) is 3.44. The Morgan fingerprint density at radius 2 is 2.29 bits per heavy atom. The molecule has 1 atom stereocenters. The minimum Gasteiger partial charge on any atom is -0.382 e. The first-order valence-corrected chi connectivity index (χ1v) is 4.36. The van der Waals surface area contributed by atoms with E-state index in [-0.39, 0.29) is 12.2 Å². The first-order chi connectivity index (χ1) is 6.62. The number of halogens is 2. The summed E-state index contributed by atoms with van der Waals surface area (Å²) >= 11 is 0. The Kier molecular flexibility index (Phi) is 2.20. The summed E-state index contributed by atoms with van der Waals surface area (Å²) in [4.78, 5) is 3.59. The van der Waals surface area contributed by atoms with Gasteiger partial charge >= 0.3 is 0 Å². The molecular weight excluding hydrogens is 190 g/mol. The number of β-amino-alcohol motifs (C(OH)–C–C–N with tert-alkyl or cyclic N) is 1. The van der Waals surface area contributed by atoms with E-state index in [2.05, 4.69) is 10.3 Å². The molecule has 0 radical (unpaired) electrons. The Bertz CT molecular complexity index is 351. The quantitative estimate of drug-likeness (QED) is 0.695. The molecule has 2 N–H and O–H groups in total. The van der Waals surface area contributed by atoms with Crippen LogP contribution in [0.15, 0.2) is 12.3 Å². The number of rotatable bonds is 1. The molecule has 0 spiro atoms. The van der Waals surface area contributed by atoms with Gasteiger partial charge in [-0.05, 0) is 13.0 Å². The largest absolute Gasteiger partial charge is 0.382 e. The number of aliphatic hydroxyl groups is 1. The topological polar surface area (TPSA) is 45.2 Å².